The fourth-order valence-corrected chi connectivity index (χ4v) is 12.3. The molecule has 6 aromatic heterocycles. The second kappa shape index (κ2) is 10.3. The first-order valence-corrected chi connectivity index (χ1v) is 19.1. The summed E-state index contributed by atoms with van der Waals surface area (Å²) in [5.41, 5.74) is 0. The third-order valence-corrected chi connectivity index (χ3v) is 15.2. The summed E-state index contributed by atoms with van der Waals surface area (Å²) in [6.45, 7) is 0. The average molecular weight is 707 g/mol. The highest BCUT2D eigenvalue weighted by Gasteiger charge is 2.20. The average Bonchev–Trinajstić information content (AvgIpc) is 3.91. The number of fused-ring (bicyclic) bond motifs is 5. The van der Waals surface area contributed by atoms with Gasteiger partial charge in [-0.25, -0.2) is 18.7 Å². The van der Waals surface area contributed by atoms with Gasteiger partial charge in [-0.3, -0.25) is 0 Å². The predicted octanol–water partition coefficient (Wildman–Crippen LogP) is 13.6. The number of halogens is 2. The highest BCUT2D eigenvalue weighted by molar-refractivity contribution is 7.30. The van der Waals surface area contributed by atoms with Crippen LogP contribution in [0.2, 0.25) is 0 Å². The zero-order valence-corrected chi connectivity index (χ0v) is 28.2. The van der Waals surface area contributed by atoms with Crippen LogP contribution in [0, 0.1) is 11.6 Å². The molecule has 0 spiro atoms. The molecule has 0 fully saturated rings. The summed E-state index contributed by atoms with van der Waals surface area (Å²) in [7, 11) is 0. The van der Waals surface area contributed by atoms with Crippen molar-refractivity contribution in [3.05, 3.63) is 109 Å². The maximum Gasteiger partial charge on any atom is 0.152 e. The van der Waals surface area contributed by atoms with Gasteiger partial charge < -0.3 is 0 Å². The molecular formula is C36H16F2N2S6. The number of nitrogens with zero attached hydrogens (tertiary/aromatic N) is 2. The molecule has 10 rings (SSSR count). The van der Waals surface area contributed by atoms with Crippen molar-refractivity contribution in [1.29, 1.82) is 0 Å². The molecule has 0 amide bonds. The summed E-state index contributed by atoms with van der Waals surface area (Å²) in [5.74, 6) is -0.374. The second-order valence-corrected chi connectivity index (χ2v) is 17.2. The first kappa shape index (κ1) is 27.2. The van der Waals surface area contributed by atoms with E-state index in [1.807, 2.05) is 60.9 Å². The number of hydrogen-bond acceptors (Lipinski definition) is 8. The fourth-order valence-electron chi connectivity index (χ4n) is 5.86. The standard InChI is InChI=1S/C36H16F2N2S6/c37-31-21-5-1-3-7-23(21)43-33(31)35-39-15-29(45-35)27-13-19-9-17-12-26-20(10-18(17)11-25(19)41-27)14-28(42-26)30-16-40-36(46-30)34-32(38)22-6-2-4-8-24(22)44-34/h1-16H. The van der Waals surface area contributed by atoms with E-state index in [0.29, 0.717) is 20.5 Å². The molecular weight excluding hydrogens is 691 g/mol. The van der Waals surface area contributed by atoms with Crippen LogP contribution in [0.5, 0.6) is 0 Å². The highest BCUT2D eigenvalue weighted by atomic mass is 32.1. The Morgan fingerprint density at radius 1 is 0.413 bits per heavy atom. The van der Waals surface area contributed by atoms with Gasteiger partial charge in [-0.05, 0) is 70.1 Å². The van der Waals surface area contributed by atoms with Gasteiger partial charge in [0.25, 0.3) is 0 Å². The van der Waals surface area contributed by atoms with E-state index in [2.05, 4.69) is 46.4 Å². The van der Waals surface area contributed by atoms with Crippen molar-refractivity contribution in [1.82, 2.24) is 9.97 Å². The topological polar surface area (TPSA) is 25.8 Å². The van der Waals surface area contributed by atoms with Crippen LogP contribution in [0.25, 0.3) is 90.4 Å². The van der Waals surface area contributed by atoms with Crippen molar-refractivity contribution in [2.75, 3.05) is 0 Å². The van der Waals surface area contributed by atoms with E-state index in [0.717, 1.165) is 38.9 Å². The van der Waals surface area contributed by atoms with Crippen molar-refractivity contribution in [3.63, 3.8) is 0 Å². The van der Waals surface area contributed by atoms with Crippen LogP contribution in [0.15, 0.2) is 97.3 Å². The summed E-state index contributed by atoms with van der Waals surface area (Å²) >= 11 is 9.47. The van der Waals surface area contributed by atoms with Gasteiger partial charge in [-0.1, -0.05) is 36.4 Å². The second-order valence-electron chi connectivity index (χ2n) is 10.9. The SMILES string of the molecule is Fc1c(-c2ncc(-c3cc4cc5cc6sc(-c7cnc(-c8sc9ccccc9c8F)s7)cc6cc5cc4s3)s2)sc2ccccc12. The smallest absolute Gasteiger partial charge is 0.152 e. The van der Waals surface area contributed by atoms with Crippen LogP contribution in [0.4, 0.5) is 8.78 Å². The molecule has 0 bridgehead atoms. The van der Waals surface area contributed by atoms with E-state index in [-0.39, 0.29) is 11.6 Å². The van der Waals surface area contributed by atoms with E-state index in [9.17, 15) is 0 Å². The molecule has 0 saturated heterocycles. The lowest BCUT2D eigenvalue weighted by Gasteiger charge is -1.99. The maximum atomic E-state index is 15.2. The van der Waals surface area contributed by atoms with Gasteiger partial charge in [-0.15, -0.1) is 68.0 Å². The molecule has 0 aliphatic carbocycles. The minimum absolute atomic E-state index is 0.187. The number of hydrogen-bond donors (Lipinski definition) is 0. The van der Waals surface area contributed by atoms with Crippen LogP contribution in [-0.4, -0.2) is 9.97 Å². The molecule has 6 heterocycles. The molecule has 0 aliphatic rings. The molecule has 0 atom stereocenters. The first-order valence-electron chi connectivity index (χ1n) is 14.2. The van der Waals surface area contributed by atoms with E-state index >= 15 is 8.78 Å². The minimum Gasteiger partial charge on any atom is -0.243 e. The van der Waals surface area contributed by atoms with E-state index < -0.39 is 0 Å². The molecule has 0 unspecified atom stereocenters. The Bertz CT molecular complexity index is 2550. The third-order valence-electron chi connectivity index (χ3n) is 8.07. The molecule has 2 nitrogen and oxygen atoms in total. The van der Waals surface area contributed by atoms with Crippen molar-refractivity contribution in [3.8, 4) is 39.3 Å². The Morgan fingerprint density at radius 3 is 1.33 bits per heavy atom. The molecule has 0 aliphatic heterocycles. The lowest BCUT2D eigenvalue weighted by molar-refractivity contribution is 0.646. The monoisotopic (exact) mass is 706 g/mol. The van der Waals surface area contributed by atoms with Crippen LogP contribution >= 0.6 is 68.0 Å². The molecule has 0 saturated carbocycles. The number of rotatable bonds is 4. The zero-order chi connectivity index (χ0) is 30.5. The van der Waals surface area contributed by atoms with Crippen molar-refractivity contribution in [2.24, 2.45) is 0 Å². The lowest BCUT2D eigenvalue weighted by Crippen LogP contribution is -1.74. The van der Waals surface area contributed by atoms with Crippen molar-refractivity contribution < 1.29 is 8.78 Å². The first-order chi connectivity index (χ1) is 22.6. The summed E-state index contributed by atoms with van der Waals surface area (Å²) in [6.07, 6.45) is 3.73. The normalized spacial score (nSPS) is 12.1. The zero-order valence-electron chi connectivity index (χ0n) is 23.3. The van der Waals surface area contributed by atoms with Gasteiger partial charge in [0.15, 0.2) is 11.6 Å². The van der Waals surface area contributed by atoms with Gasteiger partial charge in [-0.2, -0.15) is 0 Å². The Balaban J connectivity index is 0.986. The van der Waals surface area contributed by atoms with Gasteiger partial charge in [0.05, 0.1) is 19.5 Å². The van der Waals surface area contributed by atoms with E-state index in [4.69, 9.17) is 0 Å². The largest absolute Gasteiger partial charge is 0.243 e. The summed E-state index contributed by atoms with van der Waals surface area (Å²) in [4.78, 5) is 14.8. The number of aromatic nitrogens is 2. The third kappa shape index (κ3) is 4.25. The Hall–Kier alpha value is -3.90. The molecule has 4 aromatic carbocycles. The number of thiophene rings is 4. The Labute approximate surface area is 284 Å². The minimum atomic E-state index is -0.187. The number of benzene rings is 4. The van der Waals surface area contributed by atoms with Crippen LogP contribution < -0.4 is 0 Å². The predicted molar refractivity (Wildman–Crippen MR) is 198 cm³/mol. The van der Waals surface area contributed by atoms with Crippen LogP contribution in [0.1, 0.15) is 0 Å². The van der Waals surface area contributed by atoms with Crippen molar-refractivity contribution >= 4 is 119 Å². The van der Waals surface area contributed by atoms with Gasteiger partial charge in [0.1, 0.15) is 10.0 Å². The van der Waals surface area contributed by atoms with E-state index in [1.165, 1.54) is 76.3 Å². The van der Waals surface area contributed by atoms with Crippen molar-refractivity contribution in [2.45, 2.75) is 0 Å². The fraction of sp³-hybridized carbons (Fsp3) is 0. The molecule has 10 aromatic rings. The Morgan fingerprint density at radius 2 is 0.870 bits per heavy atom. The van der Waals surface area contributed by atoms with E-state index in [1.54, 1.807) is 22.7 Å². The molecule has 46 heavy (non-hydrogen) atoms. The molecule has 220 valence electrons. The highest BCUT2D eigenvalue weighted by Crippen LogP contribution is 2.46. The molecule has 0 radical (unpaired) electrons. The van der Waals surface area contributed by atoms with Gasteiger partial charge in [0, 0.05) is 51.7 Å². The molecule has 0 N–H and O–H groups in total. The van der Waals surface area contributed by atoms with Crippen LogP contribution in [-0.2, 0) is 0 Å². The summed E-state index contributed by atoms with van der Waals surface area (Å²) < 4.78 is 34.6. The quantitative estimate of drug-likeness (QED) is 0.182. The van der Waals surface area contributed by atoms with Crippen LogP contribution in [0.3, 0.4) is 0 Å². The Kier molecular flexibility index (Phi) is 6.10. The van der Waals surface area contributed by atoms with Gasteiger partial charge >= 0.3 is 0 Å². The van der Waals surface area contributed by atoms with Gasteiger partial charge in [0.2, 0.25) is 0 Å². The molecule has 10 heteroatoms. The maximum absolute atomic E-state index is 15.2. The summed E-state index contributed by atoms with van der Waals surface area (Å²) in [5, 5.41) is 7.48. The number of thiazole rings is 2. The summed E-state index contributed by atoms with van der Waals surface area (Å²) in [6, 6.07) is 28.6. The lowest BCUT2D eigenvalue weighted by atomic mass is 10.1.